The van der Waals surface area contributed by atoms with Gasteiger partial charge in [0.05, 0.1) is 33.5 Å². The number of hydrogen-bond acceptors (Lipinski definition) is 7. The van der Waals surface area contributed by atoms with Crippen LogP contribution in [0.2, 0.25) is 0 Å². The van der Waals surface area contributed by atoms with Crippen LogP contribution in [-0.4, -0.2) is 21.4 Å². The summed E-state index contributed by atoms with van der Waals surface area (Å²) in [5.74, 6) is -0.228. The minimum Gasteiger partial charge on any atom is -0.493 e. The fourth-order valence-electron chi connectivity index (χ4n) is 1.25. The fraction of sp³-hybridized carbons (Fsp3) is 0.125. The largest absolute Gasteiger partial charge is 0.493 e. The average Bonchev–Trinajstić information content (AvgIpc) is 2.27. The van der Waals surface area contributed by atoms with Crippen molar-refractivity contribution in [2.75, 3.05) is 6.61 Å². The molecular formula is C8H6N3O7. The van der Waals surface area contributed by atoms with E-state index in [0.29, 0.717) is 0 Å². The molecule has 1 radical (unpaired) electrons. The molecule has 10 heteroatoms. The maximum Gasteiger partial charge on any atom is 0.422 e. The molecule has 1 aromatic rings. The van der Waals surface area contributed by atoms with Crippen LogP contribution in [0.5, 0.6) is 5.75 Å². The summed E-state index contributed by atoms with van der Waals surface area (Å²) in [5, 5.41) is 32.0. The highest BCUT2D eigenvalue weighted by molar-refractivity contribution is 5.68. The Morgan fingerprint density at radius 2 is 1.44 bits per heavy atom. The molecule has 18 heavy (non-hydrogen) atoms. The molecule has 0 amide bonds. The molecule has 0 saturated carbocycles. The second kappa shape index (κ2) is 5.03. The number of nitro groups is 3. The first-order chi connectivity index (χ1) is 8.38. The van der Waals surface area contributed by atoms with Gasteiger partial charge in [0, 0.05) is 0 Å². The summed E-state index contributed by atoms with van der Waals surface area (Å²) in [6, 6.07) is 1.49. The zero-order chi connectivity index (χ0) is 13.9. The van der Waals surface area contributed by atoms with Crippen LogP contribution in [0.25, 0.3) is 0 Å². The van der Waals surface area contributed by atoms with E-state index in [4.69, 9.17) is 4.74 Å². The number of nitro benzene ring substituents is 3. The predicted octanol–water partition coefficient (Wildman–Crippen LogP) is 1.62. The minimum absolute atomic E-state index is 0.133. The van der Waals surface area contributed by atoms with Crippen molar-refractivity contribution in [2.45, 2.75) is 0 Å². The van der Waals surface area contributed by atoms with E-state index in [1.165, 1.54) is 0 Å². The van der Waals surface area contributed by atoms with Gasteiger partial charge in [-0.2, -0.15) is 0 Å². The van der Waals surface area contributed by atoms with Crippen molar-refractivity contribution in [1.29, 1.82) is 0 Å². The highest BCUT2D eigenvalue weighted by Gasteiger charge is 2.37. The van der Waals surface area contributed by atoms with E-state index in [1.807, 2.05) is 0 Å². The molecule has 0 aliphatic rings. The number of benzene rings is 1. The Morgan fingerprint density at radius 1 is 1.00 bits per heavy atom. The van der Waals surface area contributed by atoms with E-state index in [1.54, 1.807) is 0 Å². The van der Waals surface area contributed by atoms with Gasteiger partial charge >= 0.3 is 17.1 Å². The summed E-state index contributed by atoms with van der Waals surface area (Å²) in [5.41, 5.74) is -3.18. The maximum absolute atomic E-state index is 10.7. The van der Waals surface area contributed by atoms with Crippen LogP contribution >= 0.6 is 0 Å². The molecule has 1 rings (SSSR count). The standard InChI is InChI=1S/C8H6N3O7/c1-2-18-5-3-6(9(12)13)8(11(16)17)7(4-5)10(14)15/h3-4H,1-2H2. The Balaban J connectivity index is 3.60. The Morgan fingerprint density at radius 3 is 1.72 bits per heavy atom. The van der Waals surface area contributed by atoms with Crippen molar-refractivity contribution in [3.05, 3.63) is 49.4 Å². The summed E-state index contributed by atoms with van der Waals surface area (Å²) in [6.45, 7) is 3.16. The SMILES string of the molecule is [CH2]COc1cc([N+](=O)[O-])c([N+](=O)[O-])c([N+](=O)[O-])c1. The van der Waals surface area contributed by atoms with E-state index >= 15 is 0 Å². The molecule has 95 valence electrons. The second-order valence-corrected chi connectivity index (χ2v) is 2.93. The van der Waals surface area contributed by atoms with Gasteiger partial charge < -0.3 is 4.74 Å². The number of rotatable bonds is 5. The molecule has 0 aliphatic carbocycles. The molecule has 0 atom stereocenters. The topological polar surface area (TPSA) is 139 Å². The van der Waals surface area contributed by atoms with Crippen molar-refractivity contribution < 1.29 is 19.5 Å². The van der Waals surface area contributed by atoms with E-state index in [2.05, 4.69) is 6.92 Å². The average molecular weight is 256 g/mol. The molecule has 1 aromatic carbocycles. The Labute approximate surface area is 99.2 Å². The predicted molar refractivity (Wildman–Crippen MR) is 57.3 cm³/mol. The van der Waals surface area contributed by atoms with E-state index in [-0.39, 0.29) is 12.4 Å². The first-order valence-electron chi connectivity index (χ1n) is 4.41. The van der Waals surface area contributed by atoms with Gasteiger partial charge in [0.1, 0.15) is 5.75 Å². The Kier molecular flexibility index (Phi) is 3.72. The van der Waals surface area contributed by atoms with Crippen LogP contribution in [0.1, 0.15) is 0 Å². The van der Waals surface area contributed by atoms with Crippen LogP contribution in [-0.2, 0) is 0 Å². The summed E-state index contributed by atoms with van der Waals surface area (Å²) < 4.78 is 4.78. The molecule has 0 unspecified atom stereocenters. The molecule has 0 saturated heterocycles. The third-order valence-corrected chi connectivity index (χ3v) is 1.89. The van der Waals surface area contributed by atoms with E-state index < -0.39 is 31.8 Å². The number of hydrogen-bond donors (Lipinski definition) is 0. The molecule has 0 spiro atoms. The highest BCUT2D eigenvalue weighted by atomic mass is 16.6. The minimum atomic E-state index is -1.18. The van der Waals surface area contributed by atoms with Gasteiger partial charge in [-0.3, -0.25) is 30.3 Å². The summed E-state index contributed by atoms with van der Waals surface area (Å²) in [4.78, 5) is 28.7. The van der Waals surface area contributed by atoms with Crippen molar-refractivity contribution in [3.63, 3.8) is 0 Å². The molecule has 0 aromatic heterocycles. The smallest absolute Gasteiger partial charge is 0.422 e. The van der Waals surface area contributed by atoms with Crippen molar-refractivity contribution in [2.24, 2.45) is 0 Å². The van der Waals surface area contributed by atoms with Crippen molar-refractivity contribution >= 4 is 17.1 Å². The van der Waals surface area contributed by atoms with Gasteiger partial charge in [-0.1, -0.05) is 0 Å². The highest BCUT2D eigenvalue weighted by Crippen LogP contribution is 2.39. The molecule has 0 N–H and O–H groups in total. The lowest BCUT2D eigenvalue weighted by Crippen LogP contribution is -2.03. The Hall–Kier alpha value is -2.78. The molecule has 10 nitrogen and oxygen atoms in total. The van der Waals surface area contributed by atoms with Gasteiger partial charge in [0.15, 0.2) is 0 Å². The Bertz CT molecular complexity index is 492. The van der Waals surface area contributed by atoms with Crippen LogP contribution < -0.4 is 4.74 Å². The van der Waals surface area contributed by atoms with Crippen LogP contribution in [0.3, 0.4) is 0 Å². The third-order valence-electron chi connectivity index (χ3n) is 1.89. The van der Waals surface area contributed by atoms with Crippen molar-refractivity contribution in [3.8, 4) is 5.75 Å². The summed E-state index contributed by atoms with van der Waals surface area (Å²) in [7, 11) is 0. The van der Waals surface area contributed by atoms with Gasteiger partial charge in [-0.05, 0) is 6.92 Å². The summed E-state index contributed by atoms with van der Waals surface area (Å²) in [6.07, 6.45) is 0. The van der Waals surface area contributed by atoms with Crippen molar-refractivity contribution in [1.82, 2.24) is 0 Å². The van der Waals surface area contributed by atoms with Gasteiger partial charge in [-0.15, -0.1) is 0 Å². The second-order valence-electron chi connectivity index (χ2n) is 2.93. The number of ether oxygens (including phenoxy) is 1. The molecule has 0 heterocycles. The fourth-order valence-corrected chi connectivity index (χ4v) is 1.25. The monoisotopic (exact) mass is 256 g/mol. The molecule has 0 bridgehead atoms. The molecular weight excluding hydrogens is 250 g/mol. The number of nitrogens with zero attached hydrogens (tertiary/aromatic N) is 3. The zero-order valence-electron chi connectivity index (χ0n) is 8.77. The molecule has 0 fully saturated rings. The first kappa shape index (κ1) is 13.3. The third kappa shape index (κ3) is 2.48. The normalized spacial score (nSPS) is 9.83. The maximum atomic E-state index is 10.7. The lowest BCUT2D eigenvalue weighted by molar-refractivity contribution is -0.441. The summed E-state index contributed by atoms with van der Waals surface area (Å²) >= 11 is 0. The molecule has 0 aliphatic heterocycles. The van der Waals surface area contributed by atoms with E-state index in [9.17, 15) is 30.3 Å². The van der Waals surface area contributed by atoms with Crippen LogP contribution in [0.4, 0.5) is 17.1 Å². The zero-order valence-corrected chi connectivity index (χ0v) is 8.77. The lowest BCUT2D eigenvalue weighted by Gasteiger charge is -2.03. The first-order valence-corrected chi connectivity index (χ1v) is 4.41. The van der Waals surface area contributed by atoms with Crippen LogP contribution in [0.15, 0.2) is 12.1 Å². The quantitative estimate of drug-likeness (QED) is 0.575. The van der Waals surface area contributed by atoms with Crippen LogP contribution in [0, 0.1) is 37.3 Å². The van der Waals surface area contributed by atoms with Gasteiger partial charge in [0.2, 0.25) is 0 Å². The van der Waals surface area contributed by atoms with Gasteiger partial charge in [0.25, 0.3) is 0 Å². The van der Waals surface area contributed by atoms with Gasteiger partial charge in [-0.25, -0.2) is 0 Å². The lowest BCUT2D eigenvalue weighted by atomic mass is 10.2. The van der Waals surface area contributed by atoms with E-state index in [0.717, 1.165) is 12.1 Å².